The number of carbonyl (C=O) groups is 1. The molecule has 3 aromatic rings. The van der Waals surface area contributed by atoms with Gasteiger partial charge in [-0.2, -0.15) is 0 Å². The van der Waals surface area contributed by atoms with Crippen LogP contribution in [-0.4, -0.2) is 33.5 Å². The van der Waals surface area contributed by atoms with Gasteiger partial charge in [-0.15, -0.1) is 23.1 Å². The Kier molecular flexibility index (Phi) is 4.84. The van der Waals surface area contributed by atoms with Crippen molar-refractivity contribution in [3.63, 3.8) is 0 Å². The van der Waals surface area contributed by atoms with E-state index in [0.717, 1.165) is 28.1 Å². The fourth-order valence-electron chi connectivity index (χ4n) is 3.43. The number of fused-ring (bicyclic) bond motifs is 1. The number of hydrogen-bond acceptors (Lipinski definition) is 6. The molecule has 0 saturated carbocycles. The molecular formula is C19H17N3O3S2. The van der Waals surface area contributed by atoms with Crippen LogP contribution in [0, 0.1) is 10.1 Å². The fourth-order valence-corrected chi connectivity index (χ4v) is 5.09. The van der Waals surface area contributed by atoms with Gasteiger partial charge in [0.2, 0.25) is 0 Å². The molecule has 1 aliphatic heterocycles. The monoisotopic (exact) mass is 399 g/mol. The van der Waals surface area contributed by atoms with E-state index in [2.05, 4.69) is 0 Å². The third-order valence-corrected chi connectivity index (χ3v) is 6.65. The van der Waals surface area contributed by atoms with Crippen molar-refractivity contribution < 1.29 is 9.72 Å². The zero-order chi connectivity index (χ0) is 19.0. The molecule has 1 aromatic heterocycles. The summed E-state index contributed by atoms with van der Waals surface area (Å²) in [5.41, 5.74) is 1.27. The van der Waals surface area contributed by atoms with Gasteiger partial charge in [-0.05, 0) is 43.4 Å². The van der Waals surface area contributed by atoms with Crippen LogP contribution in [0.15, 0.2) is 47.4 Å². The third kappa shape index (κ3) is 3.30. The molecule has 0 radical (unpaired) electrons. The van der Waals surface area contributed by atoms with E-state index in [1.54, 1.807) is 34.6 Å². The number of nitro benzene ring substituents is 1. The highest BCUT2D eigenvalue weighted by atomic mass is 32.2. The predicted octanol–water partition coefficient (Wildman–Crippen LogP) is 4.90. The second-order valence-corrected chi connectivity index (χ2v) is 8.23. The van der Waals surface area contributed by atoms with E-state index < -0.39 is 4.92 Å². The predicted molar refractivity (Wildman–Crippen MR) is 108 cm³/mol. The van der Waals surface area contributed by atoms with Crippen molar-refractivity contribution >= 4 is 44.9 Å². The van der Waals surface area contributed by atoms with Crippen LogP contribution in [0.4, 0.5) is 5.69 Å². The molecule has 4 rings (SSSR count). The smallest absolute Gasteiger partial charge is 0.283 e. The molecular weight excluding hydrogens is 382 g/mol. The SMILES string of the molecule is CSc1ccc(C(=O)N2CCCC2c2nc3ccccc3s2)cc1[N+](=O)[O-]. The first-order chi connectivity index (χ1) is 13.1. The van der Waals surface area contributed by atoms with Gasteiger partial charge in [-0.25, -0.2) is 4.98 Å². The molecule has 1 saturated heterocycles. The van der Waals surface area contributed by atoms with Crippen molar-refractivity contribution in [1.82, 2.24) is 9.88 Å². The minimum atomic E-state index is -0.433. The van der Waals surface area contributed by atoms with Gasteiger partial charge < -0.3 is 4.90 Å². The highest BCUT2D eigenvalue weighted by molar-refractivity contribution is 7.98. The van der Waals surface area contributed by atoms with Crippen molar-refractivity contribution in [3.05, 3.63) is 63.1 Å². The summed E-state index contributed by atoms with van der Waals surface area (Å²) in [6, 6.07) is 12.6. The van der Waals surface area contributed by atoms with E-state index in [1.807, 2.05) is 24.3 Å². The van der Waals surface area contributed by atoms with Gasteiger partial charge in [0, 0.05) is 18.2 Å². The minimum absolute atomic E-state index is 0.0240. The summed E-state index contributed by atoms with van der Waals surface area (Å²) in [5.74, 6) is -0.174. The van der Waals surface area contributed by atoms with Gasteiger partial charge in [0.25, 0.3) is 11.6 Å². The number of hydrogen-bond donors (Lipinski definition) is 0. The van der Waals surface area contributed by atoms with Gasteiger partial charge in [0.05, 0.1) is 26.1 Å². The Labute approximate surface area is 164 Å². The molecule has 0 bridgehead atoms. The number of aromatic nitrogens is 1. The van der Waals surface area contributed by atoms with E-state index in [0.29, 0.717) is 17.0 Å². The summed E-state index contributed by atoms with van der Waals surface area (Å²) in [6.45, 7) is 0.636. The Morgan fingerprint density at radius 2 is 2.15 bits per heavy atom. The third-order valence-electron chi connectivity index (χ3n) is 4.73. The molecule has 6 nitrogen and oxygen atoms in total. The summed E-state index contributed by atoms with van der Waals surface area (Å²) < 4.78 is 1.10. The number of thioether (sulfide) groups is 1. The Morgan fingerprint density at radius 1 is 1.33 bits per heavy atom. The number of carbonyl (C=O) groups excluding carboxylic acids is 1. The largest absolute Gasteiger partial charge is 0.329 e. The van der Waals surface area contributed by atoms with E-state index in [1.165, 1.54) is 17.8 Å². The van der Waals surface area contributed by atoms with Crippen LogP contribution in [0.5, 0.6) is 0 Å². The van der Waals surface area contributed by atoms with Crippen molar-refractivity contribution in [2.45, 2.75) is 23.8 Å². The average Bonchev–Trinajstić information content (AvgIpc) is 3.33. The second-order valence-electron chi connectivity index (χ2n) is 6.32. The number of likely N-dealkylation sites (tertiary alicyclic amines) is 1. The second kappa shape index (κ2) is 7.28. The highest BCUT2D eigenvalue weighted by Crippen LogP contribution is 2.38. The Morgan fingerprint density at radius 3 is 2.89 bits per heavy atom. The van der Waals surface area contributed by atoms with Gasteiger partial charge >= 0.3 is 0 Å². The molecule has 1 amide bonds. The molecule has 2 aromatic carbocycles. The van der Waals surface area contributed by atoms with E-state index in [9.17, 15) is 14.9 Å². The standard InChI is InChI=1S/C19H17N3O3S2/c1-26-17-9-8-12(11-15(17)22(24)25)19(23)21-10-4-6-14(21)18-20-13-5-2-3-7-16(13)27-18/h2-3,5,7-9,11,14H,4,6,10H2,1H3. The van der Waals surface area contributed by atoms with Crippen LogP contribution < -0.4 is 0 Å². The Bertz CT molecular complexity index is 1000. The highest BCUT2D eigenvalue weighted by Gasteiger charge is 2.33. The van der Waals surface area contributed by atoms with Crippen LogP contribution in [0.2, 0.25) is 0 Å². The summed E-state index contributed by atoms with van der Waals surface area (Å²) in [4.78, 5) is 31.0. The van der Waals surface area contributed by atoms with Gasteiger partial charge in [0.15, 0.2) is 0 Å². The maximum atomic E-state index is 13.1. The maximum absolute atomic E-state index is 13.1. The normalized spacial score (nSPS) is 16.8. The summed E-state index contributed by atoms with van der Waals surface area (Å²) in [6.07, 6.45) is 3.54. The first kappa shape index (κ1) is 17.9. The van der Waals surface area contributed by atoms with Crippen molar-refractivity contribution in [3.8, 4) is 0 Å². The summed E-state index contributed by atoms with van der Waals surface area (Å²) in [5, 5.41) is 12.2. The van der Waals surface area contributed by atoms with Crippen molar-refractivity contribution in [2.75, 3.05) is 12.8 Å². The molecule has 0 N–H and O–H groups in total. The zero-order valence-electron chi connectivity index (χ0n) is 14.6. The van der Waals surface area contributed by atoms with Crippen LogP contribution >= 0.6 is 23.1 Å². The zero-order valence-corrected chi connectivity index (χ0v) is 16.3. The molecule has 2 heterocycles. The van der Waals surface area contributed by atoms with Crippen molar-refractivity contribution in [2.24, 2.45) is 0 Å². The van der Waals surface area contributed by atoms with Crippen LogP contribution in [0.3, 0.4) is 0 Å². The fraction of sp³-hybridized carbons (Fsp3) is 0.263. The van der Waals surface area contributed by atoms with Gasteiger partial charge in [-0.3, -0.25) is 14.9 Å². The van der Waals surface area contributed by atoms with Crippen LogP contribution in [-0.2, 0) is 0 Å². The summed E-state index contributed by atoms with van der Waals surface area (Å²) in [7, 11) is 0. The van der Waals surface area contributed by atoms with Gasteiger partial charge in [0.1, 0.15) is 5.01 Å². The number of nitrogens with zero attached hydrogens (tertiary/aromatic N) is 3. The number of para-hydroxylation sites is 1. The first-order valence-corrected chi connectivity index (χ1v) is 10.6. The lowest BCUT2D eigenvalue weighted by Gasteiger charge is -2.23. The van der Waals surface area contributed by atoms with E-state index in [-0.39, 0.29) is 17.6 Å². The lowest BCUT2D eigenvalue weighted by atomic mass is 10.1. The maximum Gasteiger partial charge on any atom is 0.283 e. The Balaban J connectivity index is 1.66. The molecule has 0 spiro atoms. The van der Waals surface area contributed by atoms with Gasteiger partial charge in [-0.1, -0.05) is 12.1 Å². The number of nitro groups is 1. The molecule has 8 heteroatoms. The Hall–Kier alpha value is -2.45. The lowest BCUT2D eigenvalue weighted by molar-refractivity contribution is -0.387. The molecule has 1 unspecified atom stereocenters. The molecule has 27 heavy (non-hydrogen) atoms. The number of amides is 1. The topological polar surface area (TPSA) is 76.3 Å². The molecule has 1 atom stereocenters. The lowest BCUT2D eigenvalue weighted by Crippen LogP contribution is -2.30. The quantitative estimate of drug-likeness (QED) is 0.354. The number of thiazole rings is 1. The van der Waals surface area contributed by atoms with Crippen LogP contribution in [0.1, 0.15) is 34.2 Å². The molecule has 138 valence electrons. The minimum Gasteiger partial charge on any atom is -0.329 e. The van der Waals surface area contributed by atoms with E-state index in [4.69, 9.17) is 4.98 Å². The number of benzene rings is 2. The number of rotatable bonds is 4. The molecule has 0 aliphatic carbocycles. The van der Waals surface area contributed by atoms with E-state index >= 15 is 0 Å². The molecule has 1 fully saturated rings. The first-order valence-electron chi connectivity index (χ1n) is 8.57. The average molecular weight is 399 g/mol. The summed E-state index contributed by atoms with van der Waals surface area (Å²) >= 11 is 2.91. The van der Waals surface area contributed by atoms with Crippen molar-refractivity contribution in [1.29, 1.82) is 0 Å². The van der Waals surface area contributed by atoms with Crippen LogP contribution in [0.25, 0.3) is 10.2 Å². The molecule has 1 aliphatic rings.